The van der Waals surface area contributed by atoms with E-state index in [9.17, 15) is 0 Å². The van der Waals surface area contributed by atoms with E-state index < -0.39 is 0 Å². The van der Waals surface area contributed by atoms with Crippen molar-refractivity contribution in [1.82, 2.24) is 4.98 Å². The smallest absolute Gasteiger partial charge is 0.169 e. The lowest BCUT2D eigenvalue weighted by molar-refractivity contribution is 0.377. The van der Waals surface area contributed by atoms with Crippen LogP contribution in [0.1, 0.15) is 5.56 Å². The van der Waals surface area contributed by atoms with E-state index in [4.69, 9.17) is 15.2 Å². The van der Waals surface area contributed by atoms with E-state index in [0.717, 1.165) is 5.56 Å². The standard InChI is InChI=1S/C13H14N2O2/c1-16-11-4-2-3-5-12(11)17-13-9-15-7-6-10(13)8-14/h2-7,9H,8,14H2,1H3. The Labute approximate surface area is 100 Å². The zero-order valence-corrected chi connectivity index (χ0v) is 9.59. The van der Waals surface area contributed by atoms with Gasteiger partial charge in [0.25, 0.3) is 0 Å². The molecule has 1 heterocycles. The molecule has 4 nitrogen and oxygen atoms in total. The third kappa shape index (κ3) is 2.54. The minimum absolute atomic E-state index is 0.410. The average molecular weight is 230 g/mol. The number of ether oxygens (including phenoxy) is 2. The minimum Gasteiger partial charge on any atom is -0.493 e. The van der Waals surface area contributed by atoms with Gasteiger partial charge in [-0.25, -0.2) is 0 Å². The molecule has 2 N–H and O–H groups in total. The average Bonchev–Trinajstić information content (AvgIpc) is 2.40. The van der Waals surface area contributed by atoms with Crippen LogP contribution in [-0.4, -0.2) is 12.1 Å². The molecule has 0 aliphatic heterocycles. The number of methoxy groups -OCH3 is 1. The molecule has 17 heavy (non-hydrogen) atoms. The topological polar surface area (TPSA) is 57.4 Å². The van der Waals surface area contributed by atoms with Crippen molar-refractivity contribution in [3.63, 3.8) is 0 Å². The first-order valence-corrected chi connectivity index (χ1v) is 5.29. The first-order valence-electron chi connectivity index (χ1n) is 5.29. The van der Waals surface area contributed by atoms with E-state index in [-0.39, 0.29) is 0 Å². The van der Waals surface area contributed by atoms with Gasteiger partial charge < -0.3 is 15.2 Å². The number of nitrogens with zero attached hydrogens (tertiary/aromatic N) is 1. The van der Waals surface area contributed by atoms with Gasteiger partial charge in [0.15, 0.2) is 11.5 Å². The van der Waals surface area contributed by atoms with Gasteiger partial charge in [0.2, 0.25) is 0 Å². The van der Waals surface area contributed by atoms with E-state index in [1.807, 2.05) is 30.3 Å². The molecule has 0 fully saturated rings. The Hall–Kier alpha value is -2.07. The van der Waals surface area contributed by atoms with Crippen LogP contribution < -0.4 is 15.2 Å². The molecule has 0 amide bonds. The van der Waals surface area contributed by atoms with Gasteiger partial charge in [-0.3, -0.25) is 4.98 Å². The molecule has 0 atom stereocenters. The molecule has 1 aromatic heterocycles. The summed E-state index contributed by atoms with van der Waals surface area (Å²) in [5.74, 6) is 1.98. The number of aromatic nitrogens is 1. The summed E-state index contributed by atoms with van der Waals surface area (Å²) < 4.78 is 11.0. The predicted molar refractivity (Wildman–Crippen MR) is 65.2 cm³/mol. The molecule has 0 spiro atoms. The third-order valence-electron chi connectivity index (χ3n) is 2.38. The maximum absolute atomic E-state index is 5.75. The Kier molecular flexibility index (Phi) is 3.57. The van der Waals surface area contributed by atoms with Crippen molar-refractivity contribution >= 4 is 0 Å². The summed E-state index contributed by atoms with van der Waals surface area (Å²) in [5, 5.41) is 0. The Morgan fingerprint density at radius 2 is 1.88 bits per heavy atom. The van der Waals surface area contributed by atoms with Crippen LogP contribution in [0.3, 0.4) is 0 Å². The molecule has 0 aliphatic carbocycles. The zero-order valence-electron chi connectivity index (χ0n) is 9.59. The van der Waals surface area contributed by atoms with Crippen LogP contribution in [0, 0.1) is 0 Å². The summed E-state index contributed by atoms with van der Waals surface area (Å²) in [4.78, 5) is 4.02. The number of hydrogen-bond acceptors (Lipinski definition) is 4. The molecule has 0 bridgehead atoms. The van der Waals surface area contributed by atoms with Crippen LogP contribution in [-0.2, 0) is 6.54 Å². The van der Waals surface area contributed by atoms with Crippen molar-refractivity contribution in [3.8, 4) is 17.2 Å². The number of nitrogens with two attached hydrogens (primary N) is 1. The second-order valence-electron chi connectivity index (χ2n) is 3.44. The molecule has 0 saturated heterocycles. The van der Waals surface area contributed by atoms with Crippen molar-refractivity contribution in [2.75, 3.05) is 7.11 Å². The van der Waals surface area contributed by atoms with Crippen LogP contribution in [0.25, 0.3) is 0 Å². The Morgan fingerprint density at radius 1 is 1.12 bits per heavy atom. The largest absolute Gasteiger partial charge is 0.493 e. The van der Waals surface area contributed by atoms with Crippen molar-refractivity contribution in [3.05, 3.63) is 48.3 Å². The van der Waals surface area contributed by atoms with Gasteiger partial charge in [-0.15, -0.1) is 0 Å². The van der Waals surface area contributed by atoms with Gasteiger partial charge in [-0.2, -0.15) is 0 Å². The quantitative estimate of drug-likeness (QED) is 0.875. The second-order valence-corrected chi connectivity index (χ2v) is 3.44. The Morgan fingerprint density at radius 3 is 2.59 bits per heavy atom. The van der Waals surface area contributed by atoms with Gasteiger partial charge in [-0.1, -0.05) is 12.1 Å². The van der Waals surface area contributed by atoms with E-state index in [1.54, 1.807) is 19.5 Å². The lowest BCUT2D eigenvalue weighted by Gasteiger charge is -2.11. The van der Waals surface area contributed by atoms with E-state index in [1.165, 1.54) is 0 Å². The Balaban J connectivity index is 2.31. The lowest BCUT2D eigenvalue weighted by atomic mass is 10.2. The van der Waals surface area contributed by atoms with Gasteiger partial charge in [0.1, 0.15) is 5.75 Å². The highest BCUT2D eigenvalue weighted by molar-refractivity contribution is 5.43. The maximum Gasteiger partial charge on any atom is 0.169 e. The van der Waals surface area contributed by atoms with Crippen molar-refractivity contribution in [1.29, 1.82) is 0 Å². The highest BCUT2D eigenvalue weighted by Gasteiger charge is 2.07. The summed E-state index contributed by atoms with van der Waals surface area (Å²) in [5.41, 5.74) is 6.54. The van der Waals surface area contributed by atoms with Crippen LogP contribution in [0.15, 0.2) is 42.7 Å². The lowest BCUT2D eigenvalue weighted by Crippen LogP contribution is -2.00. The SMILES string of the molecule is COc1ccccc1Oc1cnccc1CN. The first kappa shape index (κ1) is 11.4. The van der Waals surface area contributed by atoms with Gasteiger partial charge in [0, 0.05) is 18.3 Å². The predicted octanol–water partition coefficient (Wildman–Crippen LogP) is 2.34. The minimum atomic E-state index is 0.410. The van der Waals surface area contributed by atoms with Crippen molar-refractivity contribution < 1.29 is 9.47 Å². The molecular formula is C13H14N2O2. The fourth-order valence-electron chi connectivity index (χ4n) is 1.49. The molecule has 0 saturated carbocycles. The van der Waals surface area contributed by atoms with Crippen molar-refractivity contribution in [2.24, 2.45) is 5.73 Å². The Bertz CT molecular complexity index is 455. The molecule has 88 valence electrons. The fourth-order valence-corrected chi connectivity index (χ4v) is 1.49. The highest BCUT2D eigenvalue weighted by atomic mass is 16.5. The molecule has 0 unspecified atom stereocenters. The maximum atomic E-state index is 5.75. The molecule has 1 aromatic carbocycles. The monoisotopic (exact) mass is 230 g/mol. The van der Waals surface area contributed by atoms with Gasteiger partial charge >= 0.3 is 0 Å². The number of benzene rings is 1. The van der Waals surface area contributed by atoms with Gasteiger partial charge in [0.05, 0.1) is 13.3 Å². The summed E-state index contributed by atoms with van der Waals surface area (Å²) in [6.07, 6.45) is 3.34. The number of rotatable bonds is 4. The molecule has 2 aromatic rings. The van der Waals surface area contributed by atoms with E-state index >= 15 is 0 Å². The summed E-state index contributed by atoms with van der Waals surface area (Å²) >= 11 is 0. The fraction of sp³-hybridized carbons (Fsp3) is 0.154. The summed E-state index contributed by atoms with van der Waals surface area (Å²) in [6.45, 7) is 0.410. The number of hydrogen-bond donors (Lipinski definition) is 1. The second kappa shape index (κ2) is 5.32. The first-order chi connectivity index (χ1) is 8.35. The van der Waals surface area contributed by atoms with Crippen LogP contribution in [0.4, 0.5) is 0 Å². The third-order valence-corrected chi connectivity index (χ3v) is 2.38. The number of para-hydroxylation sites is 2. The zero-order chi connectivity index (χ0) is 12.1. The van der Waals surface area contributed by atoms with Crippen LogP contribution >= 0.6 is 0 Å². The molecular weight excluding hydrogens is 216 g/mol. The number of pyridine rings is 1. The van der Waals surface area contributed by atoms with Crippen LogP contribution in [0.2, 0.25) is 0 Å². The highest BCUT2D eigenvalue weighted by Crippen LogP contribution is 2.31. The molecule has 2 rings (SSSR count). The van der Waals surface area contributed by atoms with E-state index in [0.29, 0.717) is 23.8 Å². The molecule has 0 radical (unpaired) electrons. The summed E-state index contributed by atoms with van der Waals surface area (Å²) in [6, 6.07) is 9.29. The van der Waals surface area contributed by atoms with Gasteiger partial charge in [-0.05, 0) is 18.2 Å². The van der Waals surface area contributed by atoms with E-state index in [2.05, 4.69) is 4.98 Å². The molecule has 0 aliphatic rings. The molecule has 4 heteroatoms. The van der Waals surface area contributed by atoms with Crippen LogP contribution in [0.5, 0.6) is 17.2 Å². The normalized spacial score (nSPS) is 10.0. The summed E-state index contributed by atoms with van der Waals surface area (Å²) in [7, 11) is 1.61. The van der Waals surface area contributed by atoms with Crippen molar-refractivity contribution in [2.45, 2.75) is 6.54 Å².